The molecule has 200 valence electrons. The molecule has 2 heterocycles. The number of rotatable bonds is 10. The van der Waals surface area contributed by atoms with Crippen molar-refractivity contribution in [1.29, 1.82) is 0 Å². The maximum atomic E-state index is 13.2. The number of hydrogen-bond donors (Lipinski definition) is 1. The van der Waals surface area contributed by atoms with E-state index in [2.05, 4.69) is 32.3 Å². The molecule has 0 unspecified atom stereocenters. The molecule has 5 rings (SSSR count). The van der Waals surface area contributed by atoms with Gasteiger partial charge in [0.05, 0.1) is 32.3 Å². The highest BCUT2D eigenvalue weighted by molar-refractivity contribution is 5.80. The molecule has 1 N–H and O–H groups in total. The SMILES string of the molecule is CC[C@@H](c1nnnn1Cc1ccc(OC)cc1)N(Cc1cc2ccc(OC)cc2[nH]c1=O)C1CCCCC1. The van der Waals surface area contributed by atoms with E-state index in [-0.39, 0.29) is 11.6 Å². The first-order valence-electron chi connectivity index (χ1n) is 13.4. The molecule has 0 bridgehead atoms. The van der Waals surface area contributed by atoms with Gasteiger partial charge in [0.25, 0.3) is 5.56 Å². The average Bonchev–Trinajstić information content (AvgIpc) is 3.41. The van der Waals surface area contributed by atoms with E-state index in [1.165, 1.54) is 19.3 Å². The van der Waals surface area contributed by atoms with Gasteiger partial charge < -0.3 is 14.5 Å². The Morgan fingerprint density at radius 2 is 1.76 bits per heavy atom. The van der Waals surface area contributed by atoms with E-state index in [9.17, 15) is 4.79 Å². The highest BCUT2D eigenvalue weighted by Crippen LogP contribution is 2.33. The van der Waals surface area contributed by atoms with Crippen LogP contribution in [-0.2, 0) is 13.1 Å². The first kappa shape index (κ1) is 25.9. The molecule has 1 aliphatic carbocycles. The molecule has 0 aliphatic heterocycles. The van der Waals surface area contributed by atoms with E-state index in [0.717, 1.165) is 58.6 Å². The number of nitrogens with zero attached hydrogens (tertiary/aromatic N) is 5. The van der Waals surface area contributed by atoms with Gasteiger partial charge in [0.2, 0.25) is 0 Å². The molecular formula is C29H36N6O3. The minimum Gasteiger partial charge on any atom is -0.497 e. The predicted molar refractivity (Wildman–Crippen MR) is 146 cm³/mol. The summed E-state index contributed by atoms with van der Waals surface area (Å²) in [4.78, 5) is 18.8. The summed E-state index contributed by atoms with van der Waals surface area (Å²) < 4.78 is 12.5. The molecule has 0 amide bonds. The third kappa shape index (κ3) is 5.57. The number of ether oxygens (including phenoxy) is 2. The number of hydrogen-bond acceptors (Lipinski definition) is 7. The van der Waals surface area contributed by atoms with Crippen LogP contribution >= 0.6 is 0 Å². The van der Waals surface area contributed by atoms with Crippen LogP contribution in [0.4, 0.5) is 0 Å². The molecule has 1 saturated carbocycles. The fourth-order valence-corrected chi connectivity index (χ4v) is 5.61. The first-order chi connectivity index (χ1) is 18.6. The van der Waals surface area contributed by atoms with E-state index < -0.39 is 0 Å². The fourth-order valence-electron chi connectivity index (χ4n) is 5.61. The molecule has 2 aromatic carbocycles. The summed E-state index contributed by atoms with van der Waals surface area (Å²) in [6, 6.07) is 16.1. The Hall–Kier alpha value is -3.72. The zero-order chi connectivity index (χ0) is 26.5. The number of H-pyrrole nitrogens is 1. The lowest BCUT2D eigenvalue weighted by atomic mass is 9.92. The highest BCUT2D eigenvalue weighted by Gasteiger charge is 2.32. The smallest absolute Gasteiger partial charge is 0.252 e. The van der Waals surface area contributed by atoms with Crippen molar-refractivity contribution in [3.8, 4) is 11.5 Å². The number of nitrogens with one attached hydrogen (secondary N) is 1. The van der Waals surface area contributed by atoms with Gasteiger partial charge >= 0.3 is 0 Å². The molecule has 0 spiro atoms. The van der Waals surface area contributed by atoms with Gasteiger partial charge in [-0.1, -0.05) is 38.3 Å². The first-order valence-corrected chi connectivity index (χ1v) is 13.4. The van der Waals surface area contributed by atoms with Crippen LogP contribution in [0.3, 0.4) is 0 Å². The molecular weight excluding hydrogens is 480 g/mol. The van der Waals surface area contributed by atoms with E-state index in [1.54, 1.807) is 14.2 Å². The van der Waals surface area contributed by atoms with Crippen LogP contribution in [0.2, 0.25) is 0 Å². The Bertz CT molecular complexity index is 1410. The van der Waals surface area contributed by atoms with E-state index >= 15 is 0 Å². The molecule has 4 aromatic rings. The van der Waals surface area contributed by atoms with Gasteiger partial charge in [-0.05, 0) is 71.0 Å². The lowest BCUT2D eigenvalue weighted by Gasteiger charge is -2.39. The maximum absolute atomic E-state index is 13.2. The van der Waals surface area contributed by atoms with E-state index in [1.807, 2.05) is 53.2 Å². The number of aromatic amines is 1. The van der Waals surface area contributed by atoms with Crippen molar-refractivity contribution in [2.75, 3.05) is 14.2 Å². The second-order valence-electron chi connectivity index (χ2n) is 10.0. The highest BCUT2D eigenvalue weighted by atomic mass is 16.5. The standard InChI is InChI=1S/C29H36N6O3/c1-4-27(28-31-32-33-35(28)18-20-10-13-24(37-2)14-11-20)34(23-8-6-5-7-9-23)19-22-16-21-12-15-25(38-3)17-26(21)30-29(22)36/h10-17,23,27H,4-9,18-19H2,1-3H3,(H,30,36)/t27-/m0/s1. The molecule has 0 radical (unpaired) electrons. The summed E-state index contributed by atoms with van der Waals surface area (Å²) in [5, 5.41) is 13.9. The molecule has 2 aromatic heterocycles. The van der Waals surface area contributed by atoms with Crippen LogP contribution in [0.5, 0.6) is 11.5 Å². The van der Waals surface area contributed by atoms with Crippen molar-refractivity contribution >= 4 is 10.9 Å². The summed E-state index contributed by atoms with van der Waals surface area (Å²) in [6.07, 6.45) is 6.71. The van der Waals surface area contributed by atoms with Gasteiger partial charge in [0, 0.05) is 24.2 Å². The van der Waals surface area contributed by atoms with Gasteiger partial charge in [-0.3, -0.25) is 9.69 Å². The van der Waals surface area contributed by atoms with Gasteiger partial charge in [0.15, 0.2) is 5.82 Å². The van der Waals surface area contributed by atoms with Crippen molar-refractivity contribution in [2.24, 2.45) is 0 Å². The lowest BCUT2D eigenvalue weighted by molar-refractivity contribution is 0.0844. The Labute approximate surface area is 222 Å². The minimum atomic E-state index is -0.0701. The molecule has 1 atom stereocenters. The van der Waals surface area contributed by atoms with Crippen molar-refractivity contribution in [1.82, 2.24) is 30.1 Å². The van der Waals surface area contributed by atoms with Gasteiger partial charge in [0.1, 0.15) is 11.5 Å². The van der Waals surface area contributed by atoms with Crippen LogP contribution in [0.25, 0.3) is 10.9 Å². The molecule has 38 heavy (non-hydrogen) atoms. The molecule has 9 heteroatoms. The van der Waals surface area contributed by atoms with Gasteiger partial charge in [-0.2, -0.15) is 0 Å². The maximum Gasteiger partial charge on any atom is 0.252 e. The monoisotopic (exact) mass is 516 g/mol. The number of tetrazole rings is 1. The van der Waals surface area contributed by atoms with E-state index in [4.69, 9.17) is 9.47 Å². The second kappa shape index (κ2) is 11.8. The Morgan fingerprint density at radius 1 is 1.03 bits per heavy atom. The molecule has 0 saturated heterocycles. The summed E-state index contributed by atoms with van der Waals surface area (Å²) in [6.45, 7) is 3.28. The van der Waals surface area contributed by atoms with Gasteiger partial charge in [-0.15, -0.1) is 5.10 Å². The lowest BCUT2D eigenvalue weighted by Crippen LogP contribution is -2.41. The number of methoxy groups -OCH3 is 2. The summed E-state index contributed by atoms with van der Waals surface area (Å²) in [5.41, 5.74) is 2.55. The molecule has 1 aliphatic rings. The van der Waals surface area contributed by atoms with Crippen LogP contribution in [-0.4, -0.2) is 50.4 Å². The Morgan fingerprint density at radius 3 is 2.47 bits per heavy atom. The molecule has 1 fully saturated rings. The van der Waals surface area contributed by atoms with Crippen LogP contribution in [0, 0.1) is 0 Å². The largest absolute Gasteiger partial charge is 0.497 e. The second-order valence-corrected chi connectivity index (χ2v) is 10.0. The predicted octanol–water partition coefficient (Wildman–Crippen LogP) is 4.87. The summed E-state index contributed by atoms with van der Waals surface area (Å²) >= 11 is 0. The summed E-state index contributed by atoms with van der Waals surface area (Å²) in [7, 11) is 3.29. The number of pyridine rings is 1. The minimum absolute atomic E-state index is 0.0164. The Balaban J connectivity index is 1.47. The van der Waals surface area contributed by atoms with Crippen molar-refractivity contribution in [3.63, 3.8) is 0 Å². The zero-order valence-electron chi connectivity index (χ0n) is 22.4. The van der Waals surface area contributed by atoms with E-state index in [0.29, 0.717) is 19.1 Å². The number of fused-ring (bicyclic) bond motifs is 1. The van der Waals surface area contributed by atoms with Crippen LogP contribution in [0.15, 0.2) is 53.3 Å². The fraction of sp³-hybridized carbons (Fsp3) is 0.448. The van der Waals surface area contributed by atoms with Crippen molar-refractivity contribution < 1.29 is 9.47 Å². The average molecular weight is 517 g/mol. The summed E-state index contributed by atoms with van der Waals surface area (Å²) in [5.74, 6) is 2.37. The van der Waals surface area contributed by atoms with Crippen molar-refractivity contribution in [2.45, 2.75) is 70.6 Å². The third-order valence-corrected chi connectivity index (χ3v) is 7.66. The zero-order valence-corrected chi connectivity index (χ0v) is 22.4. The topological polar surface area (TPSA) is 98.2 Å². The quantitative estimate of drug-likeness (QED) is 0.321. The van der Waals surface area contributed by atoms with Crippen molar-refractivity contribution in [3.05, 3.63) is 75.8 Å². The Kier molecular flexibility index (Phi) is 8.03. The van der Waals surface area contributed by atoms with Gasteiger partial charge in [-0.25, -0.2) is 4.68 Å². The number of aromatic nitrogens is 5. The third-order valence-electron chi connectivity index (χ3n) is 7.66. The normalized spacial score (nSPS) is 15.2. The number of benzene rings is 2. The van der Waals surface area contributed by atoms with Crippen LogP contribution < -0.4 is 15.0 Å². The molecule has 9 nitrogen and oxygen atoms in total. The van der Waals surface area contributed by atoms with Crippen LogP contribution in [0.1, 0.15) is 68.4 Å².